The number of carbonyl (C=O) groups excluding carboxylic acids is 3. The van der Waals surface area contributed by atoms with E-state index in [0.29, 0.717) is 48.7 Å². The largest absolute Gasteiger partial charge is 0.466 e. The number of rotatable bonds is 5. The number of piperidine rings is 1. The Morgan fingerprint density at radius 2 is 1.97 bits per heavy atom. The molecule has 2 heterocycles. The molecule has 0 N–H and O–H groups in total. The molecule has 8 heteroatoms. The Kier molecular flexibility index (Phi) is 6.47. The molecule has 1 aromatic heterocycles. The van der Waals surface area contributed by atoms with Gasteiger partial charge in [0.15, 0.2) is 5.76 Å². The molecule has 0 bridgehead atoms. The van der Waals surface area contributed by atoms with Crippen molar-refractivity contribution in [2.24, 2.45) is 5.92 Å². The van der Waals surface area contributed by atoms with E-state index in [1.54, 1.807) is 44.0 Å². The zero-order chi connectivity index (χ0) is 21.1. The van der Waals surface area contributed by atoms with Crippen molar-refractivity contribution in [3.63, 3.8) is 0 Å². The van der Waals surface area contributed by atoms with Gasteiger partial charge in [-0.25, -0.2) is 0 Å². The van der Waals surface area contributed by atoms with Gasteiger partial charge in [0.05, 0.1) is 19.1 Å². The number of aryl methyl sites for hydroxylation is 1. The minimum Gasteiger partial charge on any atom is -0.466 e. The number of nitrogens with zero attached hydrogens (tertiary/aromatic N) is 2. The van der Waals surface area contributed by atoms with Gasteiger partial charge >= 0.3 is 5.97 Å². The molecule has 0 spiro atoms. The zero-order valence-corrected chi connectivity index (χ0v) is 17.6. The van der Waals surface area contributed by atoms with E-state index in [-0.39, 0.29) is 36.0 Å². The van der Waals surface area contributed by atoms with E-state index in [9.17, 15) is 14.4 Å². The fourth-order valence-corrected chi connectivity index (χ4v) is 3.74. The summed E-state index contributed by atoms with van der Waals surface area (Å²) in [6.45, 7) is 4.84. The Morgan fingerprint density at radius 3 is 2.62 bits per heavy atom. The van der Waals surface area contributed by atoms with Crippen LogP contribution in [0.3, 0.4) is 0 Å². The highest BCUT2D eigenvalue weighted by molar-refractivity contribution is 6.31. The van der Waals surface area contributed by atoms with E-state index >= 15 is 0 Å². The molecule has 7 nitrogen and oxygen atoms in total. The van der Waals surface area contributed by atoms with E-state index in [1.165, 1.54) is 4.90 Å². The average Bonchev–Trinajstić information content (AvgIpc) is 3.03. The summed E-state index contributed by atoms with van der Waals surface area (Å²) in [5.74, 6) is -0.668. The SMILES string of the molecule is CCOC(=O)C1CCN(C(=O)CN(C)C(=O)c2oc3ccc(Cl)cc3c2C)CC1. The van der Waals surface area contributed by atoms with Crippen molar-refractivity contribution in [2.75, 3.05) is 33.3 Å². The van der Waals surface area contributed by atoms with Crippen molar-refractivity contribution in [3.8, 4) is 0 Å². The third-order valence-electron chi connectivity index (χ3n) is 5.28. The van der Waals surface area contributed by atoms with Crippen LogP contribution in [0.15, 0.2) is 22.6 Å². The van der Waals surface area contributed by atoms with Gasteiger partial charge in [-0.3, -0.25) is 14.4 Å². The molecule has 1 aliphatic rings. The molecule has 0 atom stereocenters. The highest BCUT2D eigenvalue weighted by Gasteiger charge is 2.30. The number of hydrogen-bond donors (Lipinski definition) is 0. The van der Waals surface area contributed by atoms with Crippen molar-refractivity contribution in [2.45, 2.75) is 26.7 Å². The lowest BCUT2D eigenvalue weighted by Gasteiger charge is -2.32. The second kappa shape index (κ2) is 8.86. The minimum absolute atomic E-state index is 0.0554. The second-order valence-corrected chi connectivity index (χ2v) is 7.70. The summed E-state index contributed by atoms with van der Waals surface area (Å²) in [6.07, 6.45) is 1.15. The predicted octanol–water partition coefficient (Wildman–Crippen LogP) is 3.27. The summed E-state index contributed by atoms with van der Waals surface area (Å²) in [6, 6.07) is 5.18. The number of ether oxygens (including phenoxy) is 1. The van der Waals surface area contributed by atoms with Crippen molar-refractivity contribution in [1.29, 1.82) is 0 Å². The van der Waals surface area contributed by atoms with Crippen LogP contribution in [0, 0.1) is 12.8 Å². The average molecular weight is 421 g/mol. The summed E-state index contributed by atoms with van der Waals surface area (Å²) in [7, 11) is 1.57. The van der Waals surface area contributed by atoms with Crippen LogP contribution in [-0.2, 0) is 14.3 Å². The van der Waals surface area contributed by atoms with Gasteiger partial charge in [0.2, 0.25) is 5.91 Å². The molecule has 0 aliphatic carbocycles. The quantitative estimate of drug-likeness (QED) is 0.693. The number of likely N-dealkylation sites (N-methyl/N-ethyl adjacent to an activating group) is 1. The molecule has 1 aromatic carbocycles. The van der Waals surface area contributed by atoms with E-state index in [1.807, 2.05) is 0 Å². The Bertz CT molecular complexity index is 931. The molecule has 0 unspecified atom stereocenters. The molecule has 0 radical (unpaired) electrons. The number of hydrogen-bond acceptors (Lipinski definition) is 5. The van der Waals surface area contributed by atoms with Crippen molar-refractivity contribution in [3.05, 3.63) is 34.5 Å². The van der Waals surface area contributed by atoms with E-state index < -0.39 is 0 Å². The number of likely N-dealkylation sites (tertiary alicyclic amines) is 1. The van der Waals surface area contributed by atoms with Crippen molar-refractivity contribution < 1.29 is 23.5 Å². The Morgan fingerprint density at radius 1 is 1.28 bits per heavy atom. The third kappa shape index (κ3) is 4.56. The predicted molar refractivity (Wildman–Crippen MR) is 109 cm³/mol. The first kappa shape index (κ1) is 21.2. The molecule has 156 valence electrons. The highest BCUT2D eigenvalue weighted by atomic mass is 35.5. The van der Waals surface area contributed by atoms with Gasteiger partial charge in [0.1, 0.15) is 5.58 Å². The van der Waals surface area contributed by atoms with E-state index in [2.05, 4.69) is 0 Å². The second-order valence-electron chi connectivity index (χ2n) is 7.26. The fraction of sp³-hybridized carbons (Fsp3) is 0.476. The maximum atomic E-state index is 12.8. The number of halogens is 1. The van der Waals surface area contributed by atoms with Crippen LogP contribution in [0.5, 0.6) is 0 Å². The highest BCUT2D eigenvalue weighted by Crippen LogP contribution is 2.28. The first-order valence-corrected chi connectivity index (χ1v) is 10.1. The Balaban J connectivity index is 1.61. The smallest absolute Gasteiger partial charge is 0.309 e. The lowest BCUT2D eigenvalue weighted by atomic mass is 9.97. The number of furan rings is 1. The molecule has 3 rings (SSSR count). The molecule has 1 aliphatic heterocycles. The molecule has 1 saturated heterocycles. The Hall–Kier alpha value is -2.54. The molecular weight excluding hydrogens is 396 g/mol. The van der Waals surface area contributed by atoms with Gasteiger partial charge in [-0.15, -0.1) is 0 Å². The molecule has 1 fully saturated rings. The van der Waals surface area contributed by atoms with Gasteiger partial charge in [-0.2, -0.15) is 0 Å². The zero-order valence-electron chi connectivity index (χ0n) is 16.9. The first-order valence-electron chi connectivity index (χ1n) is 9.70. The van der Waals surface area contributed by atoms with Crippen LogP contribution in [0.4, 0.5) is 0 Å². The van der Waals surface area contributed by atoms with Crippen LogP contribution in [-0.4, -0.2) is 60.9 Å². The molecule has 2 aromatic rings. The number of benzene rings is 1. The summed E-state index contributed by atoms with van der Waals surface area (Å²) >= 11 is 6.03. The van der Waals surface area contributed by atoms with E-state index in [4.69, 9.17) is 20.8 Å². The number of fused-ring (bicyclic) bond motifs is 1. The van der Waals surface area contributed by atoms with Crippen LogP contribution in [0.1, 0.15) is 35.9 Å². The first-order chi connectivity index (χ1) is 13.8. The third-order valence-corrected chi connectivity index (χ3v) is 5.51. The lowest BCUT2D eigenvalue weighted by Crippen LogP contribution is -2.45. The lowest BCUT2D eigenvalue weighted by molar-refractivity contribution is -0.151. The van der Waals surface area contributed by atoms with Crippen LogP contribution >= 0.6 is 11.6 Å². The van der Waals surface area contributed by atoms with E-state index in [0.717, 1.165) is 5.39 Å². The van der Waals surface area contributed by atoms with Crippen LogP contribution in [0.25, 0.3) is 11.0 Å². The van der Waals surface area contributed by atoms with Gasteiger partial charge < -0.3 is 19.0 Å². The fourth-order valence-electron chi connectivity index (χ4n) is 3.57. The monoisotopic (exact) mass is 420 g/mol. The summed E-state index contributed by atoms with van der Waals surface area (Å²) < 4.78 is 10.8. The summed E-state index contributed by atoms with van der Waals surface area (Å²) in [4.78, 5) is 40.3. The number of esters is 1. The summed E-state index contributed by atoms with van der Waals surface area (Å²) in [5, 5.41) is 1.34. The number of amides is 2. The minimum atomic E-state index is -0.357. The standard InChI is InChI=1S/C21H25ClN2O5/c1-4-28-21(27)14-7-9-24(10-8-14)18(25)12-23(3)20(26)19-13(2)16-11-15(22)5-6-17(16)29-19/h5-6,11,14H,4,7-10,12H2,1-3H3. The van der Waals surface area contributed by atoms with Gasteiger partial charge in [0.25, 0.3) is 5.91 Å². The van der Waals surface area contributed by atoms with Gasteiger partial charge in [-0.1, -0.05) is 11.6 Å². The topological polar surface area (TPSA) is 80.1 Å². The van der Waals surface area contributed by atoms with Gasteiger partial charge in [-0.05, 0) is 44.9 Å². The van der Waals surface area contributed by atoms with Crippen molar-refractivity contribution >= 4 is 40.4 Å². The number of carbonyl (C=O) groups is 3. The Labute approximate surface area is 174 Å². The molecular formula is C21H25ClN2O5. The molecule has 2 amide bonds. The van der Waals surface area contributed by atoms with Gasteiger partial charge in [0, 0.05) is 36.1 Å². The molecule has 0 saturated carbocycles. The maximum absolute atomic E-state index is 12.8. The van der Waals surface area contributed by atoms with Crippen LogP contribution in [0.2, 0.25) is 5.02 Å². The normalized spacial score (nSPS) is 14.8. The maximum Gasteiger partial charge on any atom is 0.309 e. The summed E-state index contributed by atoms with van der Waals surface area (Å²) in [5.41, 5.74) is 1.28. The molecule has 29 heavy (non-hydrogen) atoms. The van der Waals surface area contributed by atoms with Crippen LogP contribution < -0.4 is 0 Å². The van der Waals surface area contributed by atoms with Crippen molar-refractivity contribution in [1.82, 2.24) is 9.80 Å².